The van der Waals surface area contributed by atoms with E-state index in [-0.39, 0.29) is 17.0 Å². The molecule has 0 fully saturated rings. The zero-order chi connectivity index (χ0) is 14.4. The van der Waals surface area contributed by atoms with Crippen molar-refractivity contribution in [3.05, 3.63) is 29.1 Å². The third kappa shape index (κ3) is 4.95. The Hall–Kier alpha value is 1.76. The second-order valence-corrected chi connectivity index (χ2v) is 9.96. The second kappa shape index (κ2) is 5.87. The van der Waals surface area contributed by atoms with E-state index in [1.54, 1.807) is 0 Å². The van der Waals surface area contributed by atoms with Crippen molar-refractivity contribution in [3.8, 4) is 0 Å². The van der Waals surface area contributed by atoms with Crippen LogP contribution in [0, 0.1) is 0 Å². The molecule has 1 rings (SSSR count). The first-order chi connectivity index (χ1) is 7.82. The quantitative estimate of drug-likeness (QED) is 0.424. The van der Waals surface area contributed by atoms with E-state index >= 15 is 0 Å². The van der Waals surface area contributed by atoms with Crippen molar-refractivity contribution in [3.63, 3.8) is 0 Å². The van der Waals surface area contributed by atoms with E-state index in [2.05, 4.69) is 4.98 Å². The van der Waals surface area contributed by atoms with Crippen LogP contribution in [0.1, 0.15) is 17.0 Å². The Morgan fingerprint density at radius 3 is 1.17 bits per heavy atom. The van der Waals surface area contributed by atoms with Crippen LogP contribution in [0.3, 0.4) is 0 Å². The summed E-state index contributed by atoms with van der Waals surface area (Å²) in [5.41, 5.74) is 0.139. The molecule has 1 nitrogen and oxygen atoms in total. The van der Waals surface area contributed by atoms with Gasteiger partial charge in [-0.2, -0.15) is 0 Å². The Balaban J connectivity index is 3.49. The Labute approximate surface area is 148 Å². The summed E-state index contributed by atoms with van der Waals surface area (Å²) in [4.78, 5) is 3.92. The molecular formula is C8H2Cl9N. The van der Waals surface area contributed by atoms with Gasteiger partial charge in [0.05, 0.1) is 11.4 Å². The third-order valence-electron chi connectivity index (χ3n) is 1.73. The molecule has 1 aromatic rings. The summed E-state index contributed by atoms with van der Waals surface area (Å²) in [6.07, 6.45) is 0. The van der Waals surface area contributed by atoms with Gasteiger partial charge in [-0.3, -0.25) is 0 Å². The van der Waals surface area contributed by atoms with Crippen molar-refractivity contribution in [1.29, 1.82) is 0 Å². The maximum absolute atomic E-state index is 5.75. The molecule has 102 valence electrons. The molecule has 0 saturated carbocycles. The molecule has 0 spiro atoms. The molecule has 0 atom stereocenters. The number of aromatic nitrogens is 1. The molecule has 0 aliphatic rings. The fourth-order valence-corrected chi connectivity index (χ4v) is 1.89. The maximum Gasteiger partial charge on any atom is 0.232 e. The first-order valence-electron chi connectivity index (χ1n) is 4.05. The lowest BCUT2D eigenvalue weighted by Crippen LogP contribution is -2.14. The van der Waals surface area contributed by atoms with Gasteiger partial charge in [-0.25, -0.2) is 4.98 Å². The molecule has 18 heavy (non-hydrogen) atoms. The predicted octanol–water partition coefficient (Wildman–Crippen LogP) is 6.56. The van der Waals surface area contributed by atoms with Gasteiger partial charge in [0.1, 0.15) is 0 Å². The Kier molecular flexibility index (Phi) is 5.80. The van der Waals surface area contributed by atoms with Gasteiger partial charge in [0.2, 0.25) is 11.4 Å². The van der Waals surface area contributed by atoms with Gasteiger partial charge in [-0.15, -0.1) is 0 Å². The summed E-state index contributed by atoms with van der Waals surface area (Å²) in [7, 11) is 0. The van der Waals surface area contributed by atoms with Crippen molar-refractivity contribution in [1.82, 2.24) is 4.98 Å². The van der Waals surface area contributed by atoms with Crippen LogP contribution in [-0.4, -0.2) is 4.98 Å². The number of alkyl halides is 9. The first-order valence-corrected chi connectivity index (χ1v) is 7.45. The van der Waals surface area contributed by atoms with Gasteiger partial charge in [-0.05, 0) is 12.1 Å². The largest absolute Gasteiger partial charge is 0.249 e. The topological polar surface area (TPSA) is 12.9 Å². The Bertz CT molecular complexity index is 360. The lowest BCUT2D eigenvalue weighted by molar-refractivity contribution is 0.973. The highest BCUT2D eigenvalue weighted by Gasteiger charge is 2.34. The molecule has 0 bridgehead atoms. The van der Waals surface area contributed by atoms with Gasteiger partial charge in [-0.1, -0.05) is 104 Å². The van der Waals surface area contributed by atoms with Crippen LogP contribution in [0.2, 0.25) is 0 Å². The standard InChI is InChI=1S/C8H2Cl9N/c9-6(10,11)3-1-4(7(12,13)14)18-5(2-3)8(15,16)17/h1-2H. The lowest BCUT2D eigenvalue weighted by atomic mass is 10.2. The number of hydrogen-bond acceptors (Lipinski definition) is 1. The molecule has 0 amide bonds. The van der Waals surface area contributed by atoms with E-state index in [9.17, 15) is 0 Å². The van der Waals surface area contributed by atoms with Crippen LogP contribution < -0.4 is 0 Å². The van der Waals surface area contributed by atoms with Crippen LogP contribution in [-0.2, 0) is 11.4 Å². The summed E-state index contributed by atoms with van der Waals surface area (Å²) >= 11 is 51.5. The summed E-state index contributed by atoms with van der Waals surface area (Å²) in [5.74, 6) is 0. The predicted molar refractivity (Wildman–Crippen MR) is 81.9 cm³/mol. The molecular weight excluding hydrogens is 429 g/mol. The minimum atomic E-state index is -1.84. The molecule has 0 unspecified atom stereocenters. The van der Waals surface area contributed by atoms with Crippen LogP contribution in [0.25, 0.3) is 0 Å². The van der Waals surface area contributed by atoms with Gasteiger partial charge in [0.15, 0.2) is 0 Å². The normalized spacial score (nSPS) is 13.8. The van der Waals surface area contributed by atoms with Crippen molar-refractivity contribution < 1.29 is 0 Å². The molecule has 0 aliphatic heterocycles. The van der Waals surface area contributed by atoms with E-state index in [0.717, 1.165) is 0 Å². The lowest BCUT2D eigenvalue weighted by Gasteiger charge is -2.20. The monoisotopic (exact) mass is 427 g/mol. The van der Waals surface area contributed by atoms with E-state index in [1.165, 1.54) is 12.1 Å². The highest BCUT2D eigenvalue weighted by molar-refractivity contribution is 6.68. The summed E-state index contributed by atoms with van der Waals surface area (Å²) < 4.78 is -5.44. The third-order valence-corrected chi connectivity index (χ3v) is 3.55. The molecule has 0 N–H and O–H groups in total. The minimum absolute atomic E-state index is 0.0161. The molecule has 0 saturated heterocycles. The summed E-state index contributed by atoms with van der Waals surface area (Å²) in [5, 5.41) is 0. The van der Waals surface area contributed by atoms with Gasteiger partial charge in [0.25, 0.3) is 0 Å². The molecule has 0 radical (unpaired) electrons. The van der Waals surface area contributed by atoms with Crippen LogP contribution >= 0.6 is 104 Å². The van der Waals surface area contributed by atoms with E-state index < -0.39 is 11.4 Å². The van der Waals surface area contributed by atoms with Gasteiger partial charge >= 0.3 is 0 Å². The Morgan fingerprint density at radius 2 is 0.944 bits per heavy atom. The zero-order valence-electron chi connectivity index (χ0n) is 8.00. The van der Waals surface area contributed by atoms with E-state index in [1.807, 2.05) is 0 Å². The van der Waals surface area contributed by atoms with Gasteiger partial charge in [0, 0.05) is 5.56 Å². The number of halogens is 9. The highest BCUT2D eigenvalue weighted by Crippen LogP contribution is 2.46. The molecule has 0 aliphatic carbocycles. The maximum atomic E-state index is 5.75. The first kappa shape index (κ1) is 17.8. The summed E-state index contributed by atoms with van der Waals surface area (Å²) in [6.45, 7) is 0. The number of nitrogens with zero attached hydrogens (tertiary/aromatic N) is 1. The van der Waals surface area contributed by atoms with Crippen molar-refractivity contribution in [2.75, 3.05) is 0 Å². The minimum Gasteiger partial charge on any atom is -0.249 e. The number of hydrogen-bond donors (Lipinski definition) is 0. The fourth-order valence-electron chi connectivity index (χ4n) is 0.985. The Morgan fingerprint density at radius 1 is 0.611 bits per heavy atom. The number of pyridine rings is 1. The molecule has 0 aromatic carbocycles. The van der Waals surface area contributed by atoms with Crippen LogP contribution in [0.15, 0.2) is 12.1 Å². The molecule has 10 heteroatoms. The second-order valence-electron chi connectivity index (χ2n) is 3.12. The molecule has 1 aromatic heterocycles. The zero-order valence-corrected chi connectivity index (χ0v) is 14.8. The summed E-state index contributed by atoms with van der Waals surface area (Å²) in [6, 6.07) is 2.61. The number of rotatable bonds is 0. The molecule has 1 heterocycles. The highest BCUT2D eigenvalue weighted by atomic mass is 35.6. The van der Waals surface area contributed by atoms with E-state index in [4.69, 9.17) is 104 Å². The smallest absolute Gasteiger partial charge is 0.232 e. The SMILES string of the molecule is ClC(Cl)(Cl)c1cc(C(Cl)(Cl)Cl)nc(C(Cl)(Cl)Cl)c1. The van der Waals surface area contributed by atoms with E-state index in [0.29, 0.717) is 0 Å². The van der Waals surface area contributed by atoms with Crippen LogP contribution in [0.4, 0.5) is 0 Å². The average molecular weight is 431 g/mol. The average Bonchev–Trinajstić information content (AvgIpc) is 2.13. The fraction of sp³-hybridized carbons (Fsp3) is 0.375. The van der Waals surface area contributed by atoms with Gasteiger partial charge < -0.3 is 0 Å². The van der Waals surface area contributed by atoms with Crippen molar-refractivity contribution in [2.24, 2.45) is 0 Å². The van der Waals surface area contributed by atoms with Crippen LogP contribution in [0.5, 0.6) is 0 Å². The van der Waals surface area contributed by atoms with Crippen molar-refractivity contribution >= 4 is 104 Å². The van der Waals surface area contributed by atoms with Crippen molar-refractivity contribution in [2.45, 2.75) is 11.4 Å².